The van der Waals surface area contributed by atoms with Gasteiger partial charge in [-0.3, -0.25) is 4.79 Å². The Morgan fingerprint density at radius 1 is 1.55 bits per heavy atom. The van der Waals surface area contributed by atoms with E-state index >= 15 is 0 Å². The number of nitrogens with one attached hydrogen (secondary N) is 1. The number of carbonyl (C=O) groups is 1. The van der Waals surface area contributed by atoms with Gasteiger partial charge < -0.3 is 10.4 Å². The first kappa shape index (κ1) is 15.1. The Kier molecular flexibility index (Phi) is 5.63. The minimum Gasteiger partial charge on any atom is -0.395 e. The van der Waals surface area contributed by atoms with Gasteiger partial charge in [-0.25, -0.2) is 0 Å². The van der Waals surface area contributed by atoms with E-state index < -0.39 is 0 Å². The summed E-state index contributed by atoms with van der Waals surface area (Å²) in [6.07, 6.45) is 4.20. The van der Waals surface area contributed by atoms with Crippen LogP contribution in [0.3, 0.4) is 0 Å². The molecule has 4 heteroatoms. The number of thiophene rings is 1. The number of rotatable bonds is 4. The number of amides is 1. The SMILES string of the molecule is CC1CCC(CNC(=O)c2csc(C#CCCO)c2)C1. The van der Waals surface area contributed by atoms with E-state index in [1.807, 2.05) is 11.4 Å². The number of hydrogen-bond donors (Lipinski definition) is 2. The van der Waals surface area contributed by atoms with Gasteiger partial charge in [-0.1, -0.05) is 25.2 Å². The second-order valence-corrected chi connectivity index (χ2v) is 6.38. The minimum atomic E-state index is -0.00369. The molecule has 1 aromatic heterocycles. The summed E-state index contributed by atoms with van der Waals surface area (Å²) < 4.78 is 0. The molecular weight excluding hydrogens is 270 g/mol. The van der Waals surface area contributed by atoms with Gasteiger partial charge in [0.1, 0.15) is 0 Å². The molecule has 3 nitrogen and oxygen atoms in total. The Morgan fingerprint density at radius 2 is 2.40 bits per heavy atom. The van der Waals surface area contributed by atoms with Crippen molar-refractivity contribution in [3.63, 3.8) is 0 Å². The fourth-order valence-corrected chi connectivity index (χ4v) is 3.33. The van der Waals surface area contributed by atoms with E-state index in [1.165, 1.54) is 30.6 Å². The van der Waals surface area contributed by atoms with Crippen LogP contribution in [0.2, 0.25) is 0 Å². The molecule has 0 saturated heterocycles. The van der Waals surface area contributed by atoms with E-state index in [0.29, 0.717) is 17.9 Å². The van der Waals surface area contributed by atoms with Crippen molar-refractivity contribution in [2.75, 3.05) is 13.2 Å². The molecule has 1 amide bonds. The highest BCUT2D eigenvalue weighted by atomic mass is 32.1. The number of aliphatic hydroxyl groups excluding tert-OH is 1. The Labute approximate surface area is 124 Å². The van der Waals surface area contributed by atoms with Gasteiger partial charge in [0.25, 0.3) is 5.91 Å². The van der Waals surface area contributed by atoms with Gasteiger partial charge in [0, 0.05) is 18.3 Å². The van der Waals surface area contributed by atoms with Gasteiger partial charge in [0.15, 0.2) is 0 Å². The van der Waals surface area contributed by atoms with E-state index in [-0.39, 0.29) is 12.5 Å². The summed E-state index contributed by atoms with van der Waals surface area (Å²) in [6, 6.07) is 1.82. The topological polar surface area (TPSA) is 49.3 Å². The highest BCUT2D eigenvalue weighted by Crippen LogP contribution is 2.29. The Balaban J connectivity index is 1.82. The van der Waals surface area contributed by atoms with Crippen LogP contribution in [0.5, 0.6) is 0 Å². The largest absolute Gasteiger partial charge is 0.395 e. The van der Waals surface area contributed by atoms with Crippen LogP contribution in [-0.4, -0.2) is 24.2 Å². The first-order valence-electron chi connectivity index (χ1n) is 7.15. The molecule has 0 aromatic carbocycles. The first-order chi connectivity index (χ1) is 9.69. The zero-order valence-electron chi connectivity index (χ0n) is 11.8. The molecule has 108 valence electrons. The van der Waals surface area contributed by atoms with Crippen LogP contribution in [0.4, 0.5) is 0 Å². The molecule has 1 fully saturated rings. The van der Waals surface area contributed by atoms with Gasteiger partial charge in [-0.2, -0.15) is 0 Å². The molecular formula is C16H21NO2S. The van der Waals surface area contributed by atoms with Crippen LogP contribution in [0.25, 0.3) is 0 Å². The van der Waals surface area contributed by atoms with Gasteiger partial charge in [-0.05, 0) is 30.7 Å². The summed E-state index contributed by atoms with van der Waals surface area (Å²) >= 11 is 1.47. The molecule has 1 aromatic rings. The number of hydrogen-bond acceptors (Lipinski definition) is 3. The summed E-state index contributed by atoms with van der Waals surface area (Å²) in [5.74, 6) is 7.25. The maximum Gasteiger partial charge on any atom is 0.252 e. The second kappa shape index (κ2) is 7.47. The lowest BCUT2D eigenvalue weighted by atomic mass is 10.1. The van der Waals surface area contributed by atoms with Crippen molar-refractivity contribution in [1.29, 1.82) is 0 Å². The highest BCUT2D eigenvalue weighted by Gasteiger charge is 2.21. The smallest absolute Gasteiger partial charge is 0.252 e. The van der Waals surface area contributed by atoms with Crippen molar-refractivity contribution in [3.8, 4) is 11.8 Å². The van der Waals surface area contributed by atoms with Crippen LogP contribution in [0.1, 0.15) is 47.8 Å². The molecule has 2 rings (SSSR count). The van der Waals surface area contributed by atoms with Crippen molar-refractivity contribution >= 4 is 17.2 Å². The van der Waals surface area contributed by atoms with E-state index in [4.69, 9.17) is 5.11 Å². The third-order valence-corrected chi connectivity index (χ3v) is 4.51. The molecule has 0 radical (unpaired) electrons. The third-order valence-electron chi connectivity index (χ3n) is 3.66. The number of aliphatic hydroxyl groups is 1. The number of carbonyl (C=O) groups excluding carboxylic acids is 1. The summed E-state index contributed by atoms with van der Waals surface area (Å²) in [5, 5.41) is 13.5. The second-order valence-electron chi connectivity index (χ2n) is 5.47. The van der Waals surface area contributed by atoms with Crippen molar-refractivity contribution in [1.82, 2.24) is 5.32 Å². The molecule has 2 N–H and O–H groups in total. The molecule has 1 aliphatic carbocycles. The molecule has 1 saturated carbocycles. The lowest BCUT2D eigenvalue weighted by Crippen LogP contribution is -2.28. The van der Waals surface area contributed by atoms with Crippen molar-refractivity contribution < 1.29 is 9.90 Å². The first-order valence-corrected chi connectivity index (χ1v) is 8.03. The van der Waals surface area contributed by atoms with Gasteiger partial charge >= 0.3 is 0 Å². The standard InChI is InChI=1S/C16H21NO2S/c1-12-5-6-13(8-12)10-17-16(19)14-9-15(20-11-14)4-2-3-7-18/h9,11-13,18H,3,5-8,10H2,1H3,(H,17,19). The van der Waals surface area contributed by atoms with E-state index in [0.717, 1.165) is 17.3 Å². The average molecular weight is 291 g/mol. The Bertz CT molecular complexity index is 512. The lowest BCUT2D eigenvalue weighted by Gasteiger charge is -2.10. The molecule has 0 aliphatic heterocycles. The van der Waals surface area contributed by atoms with E-state index in [2.05, 4.69) is 24.1 Å². The Morgan fingerprint density at radius 3 is 3.10 bits per heavy atom. The minimum absolute atomic E-state index is 0.00369. The van der Waals surface area contributed by atoms with Crippen molar-refractivity contribution in [3.05, 3.63) is 21.9 Å². The van der Waals surface area contributed by atoms with Crippen LogP contribution >= 0.6 is 11.3 Å². The summed E-state index contributed by atoms with van der Waals surface area (Å²) in [4.78, 5) is 12.9. The third kappa shape index (κ3) is 4.36. The average Bonchev–Trinajstić information content (AvgIpc) is 3.06. The molecule has 2 unspecified atom stereocenters. The van der Waals surface area contributed by atoms with E-state index in [9.17, 15) is 4.79 Å². The van der Waals surface area contributed by atoms with Crippen molar-refractivity contribution in [2.45, 2.75) is 32.6 Å². The predicted octanol–water partition coefficient (Wildman–Crippen LogP) is 2.65. The fraction of sp³-hybridized carbons (Fsp3) is 0.562. The van der Waals surface area contributed by atoms with E-state index in [1.54, 1.807) is 0 Å². The molecule has 2 atom stereocenters. The van der Waals surface area contributed by atoms with Gasteiger partial charge in [0.2, 0.25) is 0 Å². The molecule has 20 heavy (non-hydrogen) atoms. The molecule has 1 heterocycles. The van der Waals surface area contributed by atoms with Crippen LogP contribution in [-0.2, 0) is 0 Å². The van der Waals surface area contributed by atoms with Gasteiger partial charge in [-0.15, -0.1) is 11.3 Å². The molecule has 0 spiro atoms. The monoisotopic (exact) mass is 291 g/mol. The van der Waals surface area contributed by atoms with Crippen LogP contribution in [0, 0.1) is 23.7 Å². The fourth-order valence-electron chi connectivity index (χ4n) is 2.58. The van der Waals surface area contributed by atoms with Crippen LogP contribution in [0.15, 0.2) is 11.4 Å². The summed E-state index contributed by atoms with van der Waals surface area (Å²) in [6.45, 7) is 3.13. The molecule has 1 aliphatic rings. The summed E-state index contributed by atoms with van der Waals surface area (Å²) in [7, 11) is 0. The molecule has 0 bridgehead atoms. The quantitative estimate of drug-likeness (QED) is 0.838. The van der Waals surface area contributed by atoms with Gasteiger partial charge in [0.05, 0.1) is 17.0 Å². The van der Waals surface area contributed by atoms with Crippen LogP contribution < -0.4 is 5.32 Å². The zero-order chi connectivity index (χ0) is 14.4. The maximum absolute atomic E-state index is 12.0. The lowest BCUT2D eigenvalue weighted by molar-refractivity contribution is 0.0947. The maximum atomic E-state index is 12.0. The summed E-state index contributed by atoms with van der Waals surface area (Å²) in [5.41, 5.74) is 0.689. The Hall–Kier alpha value is -1.31. The normalized spacial score (nSPS) is 21.3. The highest BCUT2D eigenvalue weighted by molar-refractivity contribution is 7.10. The predicted molar refractivity (Wildman–Crippen MR) is 81.7 cm³/mol. The van der Waals surface area contributed by atoms with Crippen molar-refractivity contribution in [2.24, 2.45) is 11.8 Å². The zero-order valence-corrected chi connectivity index (χ0v) is 12.6.